The number of nitrogens with one attached hydrogen (secondary N) is 2. The summed E-state index contributed by atoms with van der Waals surface area (Å²) in [6.45, 7) is 5.49. The number of anilines is 5. The second kappa shape index (κ2) is 10.0. The highest BCUT2D eigenvalue weighted by atomic mass is 35.5. The molecule has 2 N–H and O–H groups in total. The van der Waals surface area contributed by atoms with Crippen LogP contribution in [0.3, 0.4) is 0 Å². The molecule has 4 rings (SSSR count). The topological polar surface area (TPSA) is 79.4 Å². The summed E-state index contributed by atoms with van der Waals surface area (Å²) in [6, 6.07) is 13.5. The Hall–Kier alpha value is -2.76. The van der Waals surface area contributed by atoms with E-state index >= 15 is 0 Å². The molecule has 1 fully saturated rings. The number of benzene rings is 2. The van der Waals surface area contributed by atoms with Crippen LogP contribution in [-0.4, -0.2) is 43.5 Å². The fraction of sp³-hybridized carbons (Fsp3) is 0.292. The van der Waals surface area contributed by atoms with Crippen molar-refractivity contribution in [3.8, 4) is 5.75 Å². The molecule has 9 heteroatoms. The smallest absolute Gasteiger partial charge is 0.229 e. The van der Waals surface area contributed by atoms with Crippen LogP contribution in [0.2, 0.25) is 5.02 Å². The maximum atomic E-state index is 12.7. The van der Waals surface area contributed by atoms with Crippen LogP contribution in [0.15, 0.2) is 48.7 Å². The van der Waals surface area contributed by atoms with Crippen molar-refractivity contribution >= 4 is 52.9 Å². The van der Waals surface area contributed by atoms with Crippen LogP contribution in [0.1, 0.15) is 12.8 Å². The van der Waals surface area contributed by atoms with E-state index in [0.29, 0.717) is 28.2 Å². The summed E-state index contributed by atoms with van der Waals surface area (Å²) in [5.74, 6) is 1.50. The number of aromatic nitrogens is 2. The van der Waals surface area contributed by atoms with Crippen molar-refractivity contribution in [2.75, 3.05) is 49.1 Å². The van der Waals surface area contributed by atoms with Gasteiger partial charge in [-0.15, -0.1) is 0 Å². The van der Waals surface area contributed by atoms with Crippen LogP contribution in [0, 0.1) is 6.42 Å². The van der Waals surface area contributed by atoms with Crippen molar-refractivity contribution in [2.24, 2.45) is 0 Å². The first kappa shape index (κ1) is 23.4. The van der Waals surface area contributed by atoms with E-state index in [9.17, 15) is 4.57 Å². The standard InChI is InChI=1S/C24H28ClN5O2P/c1-32-21-15-17(30-13-7-4-8-14-30)11-12-19(21)28-24-26-16-18(25)23(29-24)27-20-9-5-6-10-22(20)33(2,3)31/h4-6,9-12,15-16H,7-8,13-14H2,1-3H3,(H2,26,27,28,29). The predicted molar refractivity (Wildman–Crippen MR) is 138 cm³/mol. The Bertz CT molecular complexity index is 1180. The molecule has 1 aliphatic heterocycles. The Labute approximate surface area is 199 Å². The summed E-state index contributed by atoms with van der Waals surface area (Å²) in [5, 5.41) is 7.54. The zero-order valence-electron chi connectivity index (χ0n) is 19.0. The van der Waals surface area contributed by atoms with Crippen LogP contribution in [0.25, 0.3) is 0 Å². The first-order chi connectivity index (χ1) is 15.8. The number of rotatable bonds is 7. The number of halogens is 1. The van der Waals surface area contributed by atoms with Crippen molar-refractivity contribution in [2.45, 2.75) is 12.8 Å². The average Bonchev–Trinajstić information content (AvgIpc) is 2.81. The minimum Gasteiger partial charge on any atom is -0.494 e. The zero-order chi connectivity index (χ0) is 23.4. The van der Waals surface area contributed by atoms with E-state index in [4.69, 9.17) is 16.3 Å². The van der Waals surface area contributed by atoms with Gasteiger partial charge in [0.1, 0.15) is 17.9 Å². The van der Waals surface area contributed by atoms with E-state index in [0.717, 1.165) is 42.6 Å². The van der Waals surface area contributed by atoms with Gasteiger partial charge in [0.15, 0.2) is 5.82 Å². The van der Waals surface area contributed by atoms with E-state index < -0.39 is 7.14 Å². The fourth-order valence-electron chi connectivity index (χ4n) is 3.80. The van der Waals surface area contributed by atoms with Gasteiger partial charge in [0, 0.05) is 30.1 Å². The molecular weight excluding hydrogens is 457 g/mol. The van der Waals surface area contributed by atoms with E-state index in [1.165, 1.54) is 6.20 Å². The first-order valence-electron chi connectivity index (χ1n) is 10.8. The van der Waals surface area contributed by atoms with Crippen molar-refractivity contribution < 1.29 is 9.30 Å². The second-order valence-electron chi connectivity index (χ2n) is 8.25. The quantitative estimate of drug-likeness (QED) is 0.418. The van der Waals surface area contributed by atoms with Gasteiger partial charge in [-0.25, -0.2) is 4.98 Å². The van der Waals surface area contributed by atoms with E-state index in [-0.39, 0.29) is 0 Å². The molecule has 0 aliphatic carbocycles. The number of piperidine rings is 1. The molecule has 1 aliphatic rings. The van der Waals surface area contributed by atoms with Gasteiger partial charge in [0.05, 0.1) is 24.7 Å². The van der Waals surface area contributed by atoms with Gasteiger partial charge in [0.25, 0.3) is 0 Å². The Morgan fingerprint density at radius 3 is 2.55 bits per heavy atom. The summed E-state index contributed by atoms with van der Waals surface area (Å²) in [5.41, 5.74) is 2.59. The number of nitrogens with zero attached hydrogens (tertiary/aromatic N) is 3. The van der Waals surface area contributed by atoms with E-state index in [1.54, 1.807) is 20.4 Å². The molecule has 0 spiro atoms. The molecule has 0 bridgehead atoms. The molecule has 1 aromatic heterocycles. The summed E-state index contributed by atoms with van der Waals surface area (Å²) in [4.78, 5) is 11.2. The maximum absolute atomic E-state index is 12.7. The van der Waals surface area contributed by atoms with Crippen molar-refractivity contribution in [1.29, 1.82) is 0 Å². The number of ether oxygens (including phenoxy) is 1. The Morgan fingerprint density at radius 1 is 1.06 bits per heavy atom. The van der Waals surface area contributed by atoms with Crippen LogP contribution < -0.4 is 25.6 Å². The fourth-order valence-corrected chi connectivity index (χ4v) is 5.09. The van der Waals surface area contributed by atoms with E-state index in [2.05, 4.69) is 38.0 Å². The minimum absolute atomic E-state index is 0.363. The van der Waals surface area contributed by atoms with Gasteiger partial charge < -0.3 is 24.8 Å². The third-order valence-corrected chi connectivity index (χ3v) is 7.31. The molecule has 1 radical (unpaired) electrons. The van der Waals surface area contributed by atoms with Gasteiger partial charge >= 0.3 is 0 Å². The molecular formula is C24H28ClN5O2P. The highest BCUT2D eigenvalue weighted by Crippen LogP contribution is 2.39. The predicted octanol–water partition coefficient (Wildman–Crippen LogP) is 5.68. The van der Waals surface area contributed by atoms with Gasteiger partial charge in [-0.05, 0) is 56.9 Å². The minimum atomic E-state index is -2.49. The van der Waals surface area contributed by atoms with E-state index in [1.807, 2.05) is 36.4 Å². The molecule has 0 saturated carbocycles. The maximum Gasteiger partial charge on any atom is 0.229 e. The van der Waals surface area contributed by atoms with Gasteiger partial charge in [-0.2, -0.15) is 4.98 Å². The largest absolute Gasteiger partial charge is 0.494 e. The van der Waals surface area contributed by atoms with Crippen molar-refractivity contribution in [1.82, 2.24) is 9.97 Å². The van der Waals surface area contributed by atoms with Crippen LogP contribution >= 0.6 is 18.7 Å². The molecule has 3 aromatic rings. The Balaban J connectivity index is 1.58. The third kappa shape index (κ3) is 5.60. The lowest BCUT2D eigenvalue weighted by Crippen LogP contribution is -2.29. The number of methoxy groups -OCH3 is 1. The molecule has 173 valence electrons. The van der Waals surface area contributed by atoms with Gasteiger partial charge in [-0.1, -0.05) is 23.7 Å². The number of hydrogen-bond donors (Lipinski definition) is 2. The lowest BCUT2D eigenvalue weighted by molar-refractivity contribution is 0.416. The Kier molecular flexibility index (Phi) is 7.11. The Morgan fingerprint density at radius 2 is 1.82 bits per heavy atom. The lowest BCUT2D eigenvalue weighted by Gasteiger charge is -2.29. The molecule has 33 heavy (non-hydrogen) atoms. The lowest BCUT2D eigenvalue weighted by atomic mass is 10.1. The zero-order valence-corrected chi connectivity index (χ0v) is 20.7. The summed E-state index contributed by atoms with van der Waals surface area (Å²) in [6.07, 6.45) is 6.03. The SMILES string of the molecule is COc1cc(N2CC[CH]CC2)ccc1Nc1ncc(Cl)c(Nc2ccccc2P(C)(C)=O)n1. The van der Waals surface area contributed by atoms with Crippen LogP contribution in [0.5, 0.6) is 5.75 Å². The third-order valence-electron chi connectivity index (χ3n) is 5.48. The monoisotopic (exact) mass is 484 g/mol. The first-order valence-corrected chi connectivity index (χ1v) is 13.8. The highest BCUT2D eigenvalue weighted by molar-refractivity contribution is 7.70. The number of para-hydroxylation sites is 1. The summed E-state index contributed by atoms with van der Waals surface area (Å²) in [7, 11) is -0.841. The molecule has 2 aromatic carbocycles. The van der Waals surface area contributed by atoms with Gasteiger partial charge in [-0.3, -0.25) is 0 Å². The normalized spacial score (nSPS) is 14.1. The molecule has 7 nitrogen and oxygen atoms in total. The molecule has 0 atom stereocenters. The molecule has 2 heterocycles. The van der Waals surface area contributed by atoms with Crippen LogP contribution in [-0.2, 0) is 4.57 Å². The second-order valence-corrected chi connectivity index (χ2v) is 11.8. The molecule has 0 unspecified atom stereocenters. The molecule has 1 saturated heterocycles. The average molecular weight is 485 g/mol. The summed E-state index contributed by atoms with van der Waals surface area (Å²) >= 11 is 6.36. The van der Waals surface area contributed by atoms with Crippen molar-refractivity contribution in [3.05, 3.63) is 60.1 Å². The van der Waals surface area contributed by atoms with Crippen molar-refractivity contribution in [3.63, 3.8) is 0 Å². The summed E-state index contributed by atoms with van der Waals surface area (Å²) < 4.78 is 18.3. The van der Waals surface area contributed by atoms with Gasteiger partial charge in [0.2, 0.25) is 5.95 Å². The highest BCUT2D eigenvalue weighted by Gasteiger charge is 2.18. The van der Waals surface area contributed by atoms with Crippen LogP contribution in [0.4, 0.5) is 28.8 Å². The number of hydrogen-bond acceptors (Lipinski definition) is 7. The molecule has 0 amide bonds.